The highest BCUT2D eigenvalue weighted by Crippen LogP contribution is 2.08. The van der Waals surface area contributed by atoms with Gasteiger partial charge in [0.05, 0.1) is 12.9 Å². The van der Waals surface area contributed by atoms with Crippen LogP contribution in [0.3, 0.4) is 0 Å². The summed E-state index contributed by atoms with van der Waals surface area (Å²) in [7, 11) is 0. The van der Waals surface area contributed by atoms with E-state index in [2.05, 4.69) is 13.0 Å². The fourth-order valence-electron chi connectivity index (χ4n) is 1.57. The summed E-state index contributed by atoms with van der Waals surface area (Å²) in [5, 5.41) is 8.52. The zero-order valence-electron chi connectivity index (χ0n) is 10.8. The van der Waals surface area contributed by atoms with Crippen LogP contribution in [-0.4, -0.2) is 18.3 Å². The van der Waals surface area contributed by atoms with Crippen LogP contribution in [0.5, 0.6) is 0 Å². The van der Waals surface area contributed by atoms with Crippen LogP contribution in [0.1, 0.15) is 64.7 Å². The van der Waals surface area contributed by atoms with Gasteiger partial charge in [-0.05, 0) is 18.9 Å². The van der Waals surface area contributed by atoms with Gasteiger partial charge in [-0.15, -0.1) is 0 Å². The van der Waals surface area contributed by atoms with Crippen LogP contribution in [-0.2, 0) is 4.74 Å². The van der Waals surface area contributed by atoms with E-state index in [1.807, 2.05) is 0 Å². The lowest BCUT2D eigenvalue weighted by atomic mass is 10.1. The van der Waals surface area contributed by atoms with Crippen molar-refractivity contribution in [2.45, 2.75) is 64.7 Å². The maximum Gasteiger partial charge on any atom is 0.0895 e. The summed E-state index contributed by atoms with van der Waals surface area (Å²) in [6.07, 6.45) is 15.2. The molecule has 0 aromatic rings. The maximum atomic E-state index is 8.52. The molecule has 0 saturated heterocycles. The molecule has 0 radical (unpaired) electrons. The minimum absolute atomic E-state index is 0.214. The SMILES string of the molecule is CCCCCCCCCC=COCCCO. The Kier molecular flexibility index (Phi) is 14.0. The Hall–Kier alpha value is -0.500. The lowest BCUT2D eigenvalue weighted by Gasteiger charge is -1.99. The smallest absolute Gasteiger partial charge is 0.0895 e. The van der Waals surface area contributed by atoms with E-state index < -0.39 is 0 Å². The highest BCUT2D eigenvalue weighted by Gasteiger charge is 1.89. The largest absolute Gasteiger partial charge is 0.501 e. The van der Waals surface area contributed by atoms with Crippen molar-refractivity contribution in [3.05, 3.63) is 12.3 Å². The molecule has 0 aliphatic rings. The molecular weight excluding hydrogens is 200 g/mol. The normalized spacial score (nSPS) is 11.1. The molecule has 0 bridgehead atoms. The van der Waals surface area contributed by atoms with Gasteiger partial charge in [-0.3, -0.25) is 0 Å². The molecule has 0 heterocycles. The van der Waals surface area contributed by atoms with Gasteiger partial charge in [0.1, 0.15) is 0 Å². The molecule has 0 amide bonds. The topological polar surface area (TPSA) is 29.5 Å². The number of unbranched alkanes of at least 4 members (excludes halogenated alkanes) is 7. The third kappa shape index (κ3) is 13.5. The van der Waals surface area contributed by atoms with Crippen molar-refractivity contribution < 1.29 is 9.84 Å². The number of allylic oxidation sites excluding steroid dienone is 1. The number of aliphatic hydroxyl groups is 1. The third-order valence-corrected chi connectivity index (χ3v) is 2.59. The van der Waals surface area contributed by atoms with Gasteiger partial charge in [-0.2, -0.15) is 0 Å². The summed E-state index contributed by atoms with van der Waals surface area (Å²) in [4.78, 5) is 0. The molecule has 0 aromatic heterocycles. The molecule has 0 spiro atoms. The minimum atomic E-state index is 0.214. The second-order valence-electron chi connectivity index (χ2n) is 4.23. The van der Waals surface area contributed by atoms with Gasteiger partial charge in [0.2, 0.25) is 0 Å². The summed E-state index contributed by atoms with van der Waals surface area (Å²) in [6.45, 7) is 3.09. The van der Waals surface area contributed by atoms with Gasteiger partial charge in [0.25, 0.3) is 0 Å². The Morgan fingerprint density at radius 1 is 0.938 bits per heavy atom. The first kappa shape index (κ1) is 15.5. The van der Waals surface area contributed by atoms with Crippen molar-refractivity contribution >= 4 is 0 Å². The fraction of sp³-hybridized carbons (Fsp3) is 0.857. The molecule has 0 aliphatic carbocycles. The first-order valence-electron chi connectivity index (χ1n) is 6.79. The highest BCUT2D eigenvalue weighted by molar-refractivity contribution is 4.73. The molecule has 96 valence electrons. The van der Waals surface area contributed by atoms with Gasteiger partial charge < -0.3 is 9.84 Å². The molecule has 0 unspecified atom stereocenters. The quantitative estimate of drug-likeness (QED) is 0.403. The summed E-state index contributed by atoms with van der Waals surface area (Å²) in [5.74, 6) is 0. The Morgan fingerprint density at radius 3 is 2.31 bits per heavy atom. The zero-order valence-corrected chi connectivity index (χ0v) is 10.8. The first-order valence-corrected chi connectivity index (χ1v) is 6.79. The first-order chi connectivity index (χ1) is 7.91. The van der Waals surface area contributed by atoms with Gasteiger partial charge in [0.15, 0.2) is 0 Å². The average Bonchev–Trinajstić information content (AvgIpc) is 2.31. The van der Waals surface area contributed by atoms with Crippen molar-refractivity contribution in [1.29, 1.82) is 0 Å². The lowest BCUT2D eigenvalue weighted by Crippen LogP contribution is -1.90. The Labute approximate surface area is 101 Å². The van der Waals surface area contributed by atoms with Crippen LogP contribution in [0.15, 0.2) is 12.3 Å². The Morgan fingerprint density at radius 2 is 1.62 bits per heavy atom. The molecule has 0 aromatic carbocycles. The monoisotopic (exact) mass is 228 g/mol. The molecule has 0 fully saturated rings. The average molecular weight is 228 g/mol. The van der Waals surface area contributed by atoms with Gasteiger partial charge in [-0.25, -0.2) is 0 Å². The van der Waals surface area contributed by atoms with Crippen molar-refractivity contribution in [3.8, 4) is 0 Å². The second-order valence-corrected chi connectivity index (χ2v) is 4.23. The van der Waals surface area contributed by atoms with Gasteiger partial charge >= 0.3 is 0 Å². The van der Waals surface area contributed by atoms with Crippen LogP contribution in [0, 0.1) is 0 Å². The van der Waals surface area contributed by atoms with E-state index in [0.717, 1.165) is 12.8 Å². The van der Waals surface area contributed by atoms with Crippen molar-refractivity contribution in [1.82, 2.24) is 0 Å². The molecule has 2 heteroatoms. The van der Waals surface area contributed by atoms with Crippen LogP contribution in [0.25, 0.3) is 0 Å². The predicted octanol–water partition coefficient (Wildman–Crippen LogP) is 4.04. The number of aliphatic hydroxyl groups excluding tert-OH is 1. The zero-order chi connectivity index (χ0) is 11.9. The Balaban J connectivity index is 2.97. The van der Waals surface area contributed by atoms with E-state index in [1.54, 1.807) is 6.26 Å². The highest BCUT2D eigenvalue weighted by atomic mass is 16.5. The standard InChI is InChI=1S/C14H28O2/c1-2-3-4-5-6-7-8-9-10-13-16-14-11-12-15/h10,13,15H,2-9,11-12,14H2,1H3. The summed E-state index contributed by atoms with van der Waals surface area (Å²) in [5.41, 5.74) is 0. The molecule has 0 rings (SSSR count). The fourth-order valence-corrected chi connectivity index (χ4v) is 1.57. The van der Waals surface area contributed by atoms with E-state index in [9.17, 15) is 0 Å². The molecule has 16 heavy (non-hydrogen) atoms. The van der Waals surface area contributed by atoms with E-state index in [4.69, 9.17) is 9.84 Å². The summed E-state index contributed by atoms with van der Waals surface area (Å²) < 4.78 is 5.19. The van der Waals surface area contributed by atoms with Crippen LogP contribution >= 0.6 is 0 Å². The van der Waals surface area contributed by atoms with E-state index >= 15 is 0 Å². The van der Waals surface area contributed by atoms with Crippen molar-refractivity contribution in [2.75, 3.05) is 13.2 Å². The number of ether oxygens (including phenoxy) is 1. The van der Waals surface area contributed by atoms with Crippen LogP contribution in [0.2, 0.25) is 0 Å². The second kappa shape index (κ2) is 14.5. The third-order valence-electron chi connectivity index (χ3n) is 2.59. The predicted molar refractivity (Wildman–Crippen MR) is 69.4 cm³/mol. The number of hydrogen-bond donors (Lipinski definition) is 1. The lowest BCUT2D eigenvalue weighted by molar-refractivity contribution is 0.199. The van der Waals surface area contributed by atoms with Crippen molar-refractivity contribution in [3.63, 3.8) is 0 Å². The maximum absolute atomic E-state index is 8.52. The molecule has 0 saturated carbocycles. The molecule has 0 atom stereocenters. The van der Waals surface area contributed by atoms with Crippen molar-refractivity contribution in [2.24, 2.45) is 0 Å². The Bertz CT molecular complexity index is 144. The minimum Gasteiger partial charge on any atom is -0.501 e. The van der Waals surface area contributed by atoms with E-state index in [1.165, 1.54) is 44.9 Å². The molecule has 2 nitrogen and oxygen atoms in total. The molecule has 0 aliphatic heterocycles. The molecule has 1 N–H and O–H groups in total. The van der Waals surface area contributed by atoms with Gasteiger partial charge in [-0.1, -0.05) is 45.4 Å². The van der Waals surface area contributed by atoms with E-state index in [0.29, 0.717) is 6.61 Å². The summed E-state index contributed by atoms with van der Waals surface area (Å²) in [6, 6.07) is 0. The van der Waals surface area contributed by atoms with Crippen LogP contribution < -0.4 is 0 Å². The van der Waals surface area contributed by atoms with E-state index in [-0.39, 0.29) is 6.61 Å². The summed E-state index contributed by atoms with van der Waals surface area (Å²) >= 11 is 0. The number of rotatable bonds is 12. The molecular formula is C14H28O2. The van der Waals surface area contributed by atoms with Gasteiger partial charge in [0, 0.05) is 13.0 Å². The number of hydrogen-bond acceptors (Lipinski definition) is 2. The van der Waals surface area contributed by atoms with Crippen LogP contribution in [0.4, 0.5) is 0 Å².